The molecular weight excluding hydrogens is 446 g/mol. The third-order valence-electron chi connectivity index (χ3n) is 6.67. The molecule has 0 bridgehead atoms. The summed E-state index contributed by atoms with van der Waals surface area (Å²) >= 11 is 0. The van der Waals surface area contributed by atoms with Crippen molar-refractivity contribution in [3.63, 3.8) is 0 Å². The lowest BCUT2D eigenvalue weighted by molar-refractivity contribution is -0.134. The van der Waals surface area contributed by atoms with Gasteiger partial charge in [0.25, 0.3) is 5.91 Å². The standard InChI is InChI=1S/C23H29N3O6S/c27-22(26-28)23(10-13-31-14-11-23)33(29,30)19-7-5-18(6-8-19)20-15-25-21(16-24-20)32-12-9-17-3-1-2-4-17/h5-8,15-17,28H,1-4,9-14H2,(H,26,27). The van der Waals surface area contributed by atoms with Crippen LogP contribution in [0.4, 0.5) is 0 Å². The van der Waals surface area contributed by atoms with Crippen molar-refractivity contribution in [1.29, 1.82) is 0 Å². The molecule has 178 valence electrons. The number of nitrogens with one attached hydrogen (secondary N) is 1. The molecule has 0 radical (unpaired) electrons. The van der Waals surface area contributed by atoms with Gasteiger partial charge in [0.1, 0.15) is 0 Å². The molecule has 1 saturated carbocycles. The molecule has 2 N–H and O–H groups in total. The van der Waals surface area contributed by atoms with E-state index in [1.165, 1.54) is 43.3 Å². The first-order valence-electron chi connectivity index (χ1n) is 11.3. The number of amides is 1. The summed E-state index contributed by atoms with van der Waals surface area (Å²) in [4.78, 5) is 21.0. The molecule has 1 amide bonds. The Hall–Kier alpha value is -2.56. The van der Waals surface area contributed by atoms with Gasteiger partial charge in [0.05, 0.1) is 29.6 Å². The summed E-state index contributed by atoms with van der Waals surface area (Å²) in [5.74, 6) is 0.271. The number of benzene rings is 1. The first kappa shape index (κ1) is 23.6. The van der Waals surface area contributed by atoms with Gasteiger partial charge in [0.15, 0.2) is 14.6 Å². The van der Waals surface area contributed by atoms with Gasteiger partial charge in [-0.25, -0.2) is 23.9 Å². The van der Waals surface area contributed by atoms with Crippen LogP contribution < -0.4 is 10.2 Å². The van der Waals surface area contributed by atoms with Crippen LogP contribution >= 0.6 is 0 Å². The van der Waals surface area contributed by atoms with E-state index in [9.17, 15) is 13.2 Å². The molecule has 1 aliphatic carbocycles. The van der Waals surface area contributed by atoms with Gasteiger partial charge in [-0.3, -0.25) is 10.0 Å². The number of hydroxylamine groups is 1. The van der Waals surface area contributed by atoms with Gasteiger partial charge < -0.3 is 9.47 Å². The molecule has 2 fully saturated rings. The summed E-state index contributed by atoms with van der Waals surface area (Å²) in [6.07, 6.45) is 9.30. The fraction of sp³-hybridized carbons (Fsp3) is 0.522. The fourth-order valence-corrected chi connectivity index (χ4v) is 6.56. The zero-order valence-corrected chi connectivity index (χ0v) is 19.2. The highest BCUT2D eigenvalue weighted by Gasteiger charge is 2.52. The topological polar surface area (TPSA) is 128 Å². The second-order valence-corrected chi connectivity index (χ2v) is 10.9. The number of carbonyl (C=O) groups is 1. The molecule has 2 aromatic rings. The average molecular weight is 476 g/mol. The molecule has 0 unspecified atom stereocenters. The monoisotopic (exact) mass is 475 g/mol. The number of nitrogens with zero attached hydrogens (tertiary/aromatic N) is 2. The second kappa shape index (κ2) is 10.1. The predicted octanol–water partition coefficient (Wildman–Crippen LogP) is 2.93. The Morgan fingerprint density at radius 1 is 1.12 bits per heavy atom. The van der Waals surface area contributed by atoms with Crippen molar-refractivity contribution in [2.24, 2.45) is 5.92 Å². The quantitative estimate of drug-likeness (QED) is 0.441. The summed E-state index contributed by atoms with van der Waals surface area (Å²) < 4.78 is 35.8. The number of carbonyl (C=O) groups excluding carboxylic acids is 1. The van der Waals surface area contributed by atoms with Crippen LogP contribution in [0, 0.1) is 5.92 Å². The summed E-state index contributed by atoms with van der Waals surface area (Å²) in [6.45, 7) is 0.865. The normalized spacial score (nSPS) is 18.7. The Bertz CT molecular complexity index is 1040. The molecule has 1 saturated heterocycles. The fourth-order valence-electron chi connectivity index (χ4n) is 4.62. The van der Waals surface area contributed by atoms with E-state index in [0.717, 1.165) is 12.3 Å². The highest BCUT2D eigenvalue weighted by atomic mass is 32.2. The molecule has 2 heterocycles. The van der Waals surface area contributed by atoms with Crippen LogP contribution in [0.2, 0.25) is 0 Å². The van der Waals surface area contributed by atoms with Gasteiger partial charge in [-0.2, -0.15) is 0 Å². The van der Waals surface area contributed by atoms with Crippen molar-refractivity contribution in [2.45, 2.75) is 54.6 Å². The van der Waals surface area contributed by atoms with Crippen LogP contribution in [0.15, 0.2) is 41.6 Å². The maximum absolute atomic E-state index is 13.3. The van der Waals surface area contributed by atoms with Crippen LogP contribution in [0.25, 0.3) is 11.3 Å². The number of ether oxygens (including phenoxy) is 2. The van der Waals surface area contributed by atoms with E-state index < -0.39 is 20.5 Å². The van der Waals surface area contributed by atoms with Gasteiger partial charge in [-0.05, 0) is 37.3 Å². The molecule has 1 aromatic heterocycles. The molecule has 0 atom stereocenters. The minimum absolute atomic E-state index is 0.00317. The molecular formula is C23H29N3O6S. The summed E-state index contributed by atoms with van der Waals surface area (Å²) in [5, 5.41) is 9.16. The summed E-state index contributed by atoms with van der Waals surface area (Å²) in [5.41, 5.74) is 2.79. The highest BCUT2D eigenvalue weighted by molar-refractivity contribution is 7.93. The molecule has 1 aromatic carbocycles. The minimum atomic E-state index is -4.07. The smallest absolute Gasteiger partial charge is 0.265 e. The van der Waals surface area contributed by atoms with Crippen molar-refractivity contribution in [2.75, 3.05) is 19.8 Å². The lowest BCUT2D eigenvalue weighted by atomic mass is 9.98. The number of hydrogen-bond donors (Lipinski definition) is 2. The van der Waals surface area contributed by atoms with E-state index in [1.54, 1.807) is 24.5 Å². The van der Waals surface area contributed by atoms with E-state index >= 15 is 0 Å². The zero-order valence-electron chi connectivity index (χ0n) is 18.4. The summed E-state index contributed by atoms with van der Waals surface area (Å²) in [6, 6.07) is 6.14. The van der Waals surface area contributed by atoms with Gasteiger partial charge in [0, 0.05) is 18.8 Å². The third-order valence-corrected chi connectivity index (χ3v) is 9.18. The second-order valence-electron chi connectivity index (χ2n) is 8.60. The van der Waals surface area contributed by atoms with E-state index in [4.69, 9.17) is 14.7 Å². The lowest BCUT2D eigenvalue weighted by Crippen LogP contribution is -2.54. The average Bonchev–Trinajstić information content (AvgIpc) is 3.38. The van der Waals surface area contributed by atoms with E-state index in [1.807, 2.05) is 0 Å². The van der Waals surface area contributed by atoms with Crippen LogP contribution in [0.1, 0.15) is 44.9 Å². The van der Waals surface area contributed by atoms with Gasteiger partial charge in [-0.15, -0.1) is 0 Å². The van der Waals surface area contributed by atoms with Crippen LogP contribution in [0.3, 0.4) is 0 Å². The first-order valence-corrected chi connectivity index (χ1v) is 12.8. The van der Waals surface area contributed by atoms with Crippen molar-refractivity contribution < 1.29 is 27.9 Å². The molecule has 0 spiro atoms. The van der Waals surface area contributed by atoms with Crippen molar-refractivity contribution in [1.82, 2.24) is 15.4 Å². The Balaban J connectivity index is 1.45. The molecule has 9 nitrogen and oxygen atoms in total. The van der Waals surface area contributed by atoms with E-state index in [2.05, 4.69) is 9.97 Å². The third kappa shape index (κ3) is 4.87. The van der Waals surface area contributed by atoms with Crippen molar-refractivity contribution >= 4 is 15.7 Å². The molecule has 10 heteroatoms. The number of rotatable bonds is 8. The van der Waals surface area contributed by atoms with Crippen LogP contribution in [-0.4, -0.2) is 54.1 Å². The number of aromatic nitrogens is 2. The van der Waals surface area contributed by atoms with Gasteiger partial charge in [-0.1, -0.05) is 37.8 Å². The maximum Gasteiger partial charge on any atom is 0.265 e. The van der Waals surface area contributed by atoms with E-state index in [0.29, 0.717) is 23.7 Å². The molecule has 1 aliphatic heterocycles. The van der Waals surface area contributed by atoms with Gasteiger partial charge in [0.2, 0.25) is 5.88 Å². The molecule has 2 aliphatic rings. The molecule has 33 heavy (non-hydrogen) atoms. The van der Waals surface area contributed by atoms with Crippen LogP contribution in [-0.2, 0) is 19.4 Å². The Morgan fingerprint density at radius 2 is 1.82 bits per heavy atom. The maximum atomic E-state index is 13.3. The van der Waals surface area contributed by atoms with Gasteiger partial charge >= 0.3 is 0 Å². The Kier molecular flexibility index (Phi) is 7.26. The predicted molar refractivity (Wildman–Crippen MR) is 119 cm³/mol. The van der Waals surface area contributed by atoms with E-state index in [-0.39, 0.29) is 31.0 Å². The van der Waals surface area contributed by atoms with Crippen molar-refractivity contribution in [3.8, 4) is 17.1 Å². The lowest BCUT2D eigenvalue weighted by Gasteiger charge is -2.34. The van der Waals surface area contributed by atoms with Crippen LogP contribution in [0.5, 0.6) is 5.88 Å². The molecule has 4 rings (SSSR count). The Labute approximate surface area is 193 Å². The Morgan fingerprint density at radius 3 is 2.42 bits per heavy atom. The number of hydrogen-bond acceptors (Lipinski definition) is 8. The zero-order chi connectivity index (χ0) is 23.3. The SMILES string of the molecule is O=C(NO)C1(S(=O)(=O)c2ccc(-c3cnc(OCCC4CCCC4)cn3)cc2)CCOCC1. The minimum Gasteiger partial charge on any atom is -0.477 e. The summed E-state index contributed by atoms with van der Waals surface area (Å²) in [7, 11) is -4.07. The largest absolute Gasteiger partial charge is 0.477 e. The highest BCUT2D eigenvalue weighted by Crippen LogP contribution is 2.36. The first-order chi connectivity index (χ1) is 16.0. The number of sulfone groups is 1. The van der Waals surface area contributed by atoms with Crippen molar-refractivity contribution in [3.05, 3.63) is 36.7 Å².